The summed E-state index contributed by atoms with van der Waals surface area (Å²) in [7, 11) is 0. The van der Waals surface area contributed by atoms with Crippen molar-refractivity contribution in [3.8, 4) is 5.75 Å². The van der Waals surface area contributed by atoms with Gasteiger partial charge in [0.1, 0.15) is 5.75 Å². The average Bonchev–Trinajstić information content (AvgIpc) is 2.85. The molecule has 3 rings (SSSR count). The van der Waals surface area contributed by atoms with E-state index in [4.69, 9.17) is 14.6 Å². The fourth-order valence-corrected chi connectivity index (χ4v) is 4.48. The van der Waals surface area contributed by atoms with Crippen LogP contribution in [0.2, 0.25) is 0 Å². The van der Waals surface area contributed by atoms with Crippen LogP contribution < -0.4 is 0 Å². The van der Waals surface area contributed by atoms with Crippen LogP contribution in [0.25, 0.3) is 0 Å². The average molecular weight is 461 g/mol. The molecule has 0 aliphatic heterocycles. The van der Waals surface area contributed by atoms with Crippen molar-refractivity contribution in [3.63, 3.8) is 0 Å². The number of phenols is 1. The van der Waals surface area contributed by atoms with Crippen molar-refractivity contribution < 1.29 is 19.4 Å². The Morgan fingerprint density at radius 3 is 2.03 bits per heavy atom. The van der Waals surface area contributed by atoms with Crippen LogP contribution in [0.5, 0.6) is 5.75 Å². The summed E-state index contributed by atoms with van der Waals surface area (Å²) in [6, 6.07) is 7.43. The lowest BCUT2D eigenvalue weighted by molar-refractivity contribution is -0.218. The van der Waals surface area contributed by atoms with Crippen molar-refractivity contribution in [1.29, 1.82) is 0 Å². The first-order valence-corrected chi connectivity index (χ1v) is 13.4. The van der Waals surface area contributed by atoms with E-state index in [1.54, 1.807) is 12.1 Å². The van der Waals surface area contributed by atoms with Gasteiger partial charge in [0.25, 0.3) is 0 Å². The Hall–Kier alpha value is -1.55. The van der Waals surface area contributed by atoms with Gasteiger partial charge in [-0.3, -0.25) is 4.79 Å². The smallest absolute Gasteiger partial charge is 0.313 e. The van der Waals surface area contributed by atoms with Gasteiger partial charge in [0.05, 0.1) is 11.5 Å². The van der Waals surface area contributed by atoms with Crippen LogP contribution >= 0.6 is 0 Å². The molecule has 1 N–H and O–H groups in total. The molecule has 0 saturated heterocycles. The van der Waals surface area contributed by atoms with Crippen molar-refractivity contribution >= 4 is 5.97 Å². The summed E-state index contributed by atoms with van der Waals surface area (Å²) in [4.78, 5) is 12.5. The zero-order valence-corrected chi connectivity index (χ0v) is 21.8. The Kier molecular flexibility index (Phi) is 11.7. The molecule has 2 unspecified atom stereocenters. The fraction of sp³-hybridized carbons (Fsp3) is 0.759. The molecule has 0 bridgehead atoms. The summed E-state index contributed by atoms with van der Waals surface area (Å²) >= 11 is 0. The number of rotatable bonds is 8. The van der Waals surface area contributed by atoms with Crippen molar-refractivity contribution in [2.45, 2.75) is 130 Å². The third-order valence-corrected chi connectivity index (χ3v) is 7.65. The lowest BCUT2D eigenvalue weighted by Crippen LogP contribution is -2.38. The molecule has 1 aromatic carbocycles. The predicted molar refractivity (Wildman–Crippen MR) is 135 cm³/mol. The van der Waals surface area contributed by atoms with E-state index in [1.165, 1.54) is 44.1 Å². The molecule has 2 saturated carbocycles. The maximum absolute atomic E-state index is 12.5. The molecule has 0 heterocycles. The summed E-state index contributed by atoms with van der Waals surface area (Å²) in [6.07, 6.45) is 14.0. The zero-order valence-electron chi connectivity index (χ0n) is 21.8. The molecule has 0 aromatic heterocycles. The molecule has 2 fully saturated rings. The first kappa shape index (κ1) is 27.7. The quantitative estimate of drug-likeness (QED) is 0.314. The van der Waals surface area contributed by atoms with Crippen LogP contribution in [0.15, 0.2) is 24.3 Å². The minimum atomic E-state index is -0.414. The molecule has 33 heavy (non-hydrogen) atoms. The number of ether oxygens (including phenoxy) is 2. The number of hydrogen-bond donors (Lipinski definition) is 1. The van der Waals surface area contributed by atoms with Crippen LogP contribution in [-0.2, 0) is 14.3 Å². The Morgan fingerprint density at radius 2 is 1.52 bits per heavy atom. The minimum absolute atomic E-state index is 0.0959. The topological polar surface area (TPSA) is 55.8 Å². The van der Waals surface area contributed by atoms with Gasteiger partial charge < -0.3 is 14.6 Å². The highest BCUT2D eigenvalue weighted by Crippen LogP contribution is 2.33. The Labute approximate surface area is 202 Å². The maximum atomic E-state index is 12.5. The van der Waals surface area contributed by atoms with Crippen molar-refractivity contribution in [1.82, 2.24) is 0 Å². The van der Waals surface area contributed by atoms with Gasteiger partial charge in [-0.2, -0.15) is 0 Å². The summed E-state index contributed by atoms with van der Waals surface area (Å²) in [6.45, 7) is 10.3. The summed E-state index contributed by atoms with van der Waals surface area (Å²) in [5.41, 5.74) is 0.883. The van der Waals surface area contributed by atoms with E-state index in [1.807, 2.05) is 32.9 Å². The van der Waals surface area contributed by atoms with Gasteiger partial charge in [0.15, 0.2) is 0 Å². The highest BCUT2D eigenvalue weighted by atomic mass is 16.7. The van der Waals surface area contributed by atoms with Crippen molar-refractivity contribution in [3.05, 3.63) is 29.8 Å². The van der Waals surface area contributed by atoms with Gasteiger partial charge in [-0.1, -0.05) is 71.4 Å². The van der Waals surface area contributed by atoms with Gasteiger partial charge >= 0.3 is 5.97 Å². The molecule has 1 aromatic rings. The molecule has 0 amide bonds. The largest absolute Gasteiger partial charge is 0.508 e. The van der Waals surface area contributed by atoms with Crippen molar-refractivity contribution in [2.24, 2.45) is 11.3 Å². The lowest BCUT2D eigenvalue weighted by atomic mass is 9.87. The molecule has 188 valence electrons. The number of benzene rings is 1. The molecule has 2 aliphatic carbocycles. The minimum Gasteiger partial charge on any atom is -0.508 e. The van der Waals surface area contributed by atoms with Crippen LogP contribution in [-0.4, -0.2) is 23.5 Å². The molecule has 2 atom stereocenters. The predicted octanol–water partition coefficient (Wildman–Crippen LogP) is 8.13. The molecule has 0 radical (unpaired) electrons. The van der Waals surface area contributed by atoms with Crippen LogP contribution in [0, 0.1) is 11.3 Å². The number of phenolic OH excluding ortho intramolecular Hbond substituents is 1. The standard InChI is InChI=1S/C19H34O3.C10H14O/c1-4-19(2,3)18(20)22-17(15-11-7-5-8-12-15)21-16-13-9-6-10-14-16;1-3-8(2)9-4-6-10(11)7-5-9/h15-17H,4-14H2,1-3H3;4-8,11H,3H2,1-2H3. The SMILES string of the molecule is CCC(C)(C)C(=O)OC(OC1CCCCC1)C1CCCCC1.CCC(C)c1ccc(O)cc1. The molecule has 0 spiro atoms. The molecule has 2 aliphatic rings. The van der Waals surface area contributed by atoms with Crippen LogP contribution in [0.3, 0.4) is 0 Å². The number of carbonyl (C=O) groups is 1. The normalized spacial score (nSPS) is 19.8. The second-order valence-electron chi connectivity index (χ2n) is 10.7. The Morgan fingerprint density at radius 1 is 0.970 bits per heavy atom. The van der Waals surface area contributed by atoms with Gasteiger partial charge in [-0.05, 0) is 76.0 Å². The second-order valence-corrected chi connectivity index (χ2v) is 10.7. The Bertz CT molecular complexity index is 669. The third-order valence-electron chi connectivity index (χ3n) is 7.65. The van der Waals surface area contributed by atoms with E-state index in [0.717, 1.165) is 38.5 Å². The van der Waals surface area contributed by atoms with E-state index in [0.29, 0.717) is 23.7 Å². The first-order chi connectivity index (χ1) is 15.8. The van der Waals surface area contributed by atoms with Crippen LogP contribution in [0.1, 0.15) is 123 Å². The molecule has 4 heteroatoms. The van der Waals surface area contributed by atoms with Gasteiger partial charge in [0.2, 0.25) is 6.29 Å². The second kappa shape index (κ2) is 14.0. The number of carbonyl (C=O) groups excluding carboxylic acids is 1. The Balaban J connectivity index is 0.000000294. The highest BCUT2D eigenvalue weighted by Gasteiger charge is 2.35. The molecular formula is C29H48O4. The lowest BCUT2D eigenvalue weighted by Gasteiger charge is -2.35. The van der Waals surface area contributed by atoms with Gasteiger partial charge in [-0.15, -0.1) is 0 Å². The summed E-state index contributed by atoms with van der Waals surface area (Å²) in [5.74, 6) is 1.24. The van der Waals surface area contributed by atoms with E-state index < -0.39 is 5.41 Å². The summed E-state index contributed by atoms with van der Waals surface area (Å²) < 4.78 is 12.2. The fourth-order valence-electron chi connectivity index (χ4n) is 4.48. The number of hydrogen-bond acceptors (Lipinski definition) is 4. The van der Waals surface area contributed by atoms with Crippen molar-refractivity contribution in [2.75, 3.05) is 0 Å². The molecule has 4 nitrogen and oxygen atoms in total. The summed E-state index contributed by atoms with van der Waals surface area (Å²) in [5, 5.41) is 9.01. The maximum Gasteiger partial charge on any atom is 0.313 e. The monoisotopic (exact) mass is 460 g/mol. The number of esters is 1. The van der Waals surface area contributed by atoms with Gasteiger partial charge in [0, 0.05) is 5.92 Å². The van der Waals surface area contributed by atoms with E-state index in [-0.39, 0.29) is 12.3 Å². The van der Waals surface area contributed by atoms with E-state index in [9.17, 15) is 4.79 Å². The van der Waals surface area contributed by atoms with E-state index >= 15 is 0 Å². The first-order valence-electron chi connectivity index (χ1n) is 13.4. The third kappa shape index (κ3) is 9.31. The van der Waals surface area contributed by atoms with Gasteiger partial charge in [-0.25, -0.2) is 0 Å². The molecular weight excluding hydrogens is 412 g/mol. The number of aromatic hydroxyl groups is 1. The van der Waals surface area contributed by atoms with Crippen LogP contribution in [0.4, 0.5) is 0 Å². The highest BCUT2D eigenvalue weighted by molar-refractivity contribution is 5.75. The van der Waals surface area contributed by atoms with E-state index in [2.05, 4.69) is 13.8 Å². The zero-order chi connectivity index (χ0) is 24.3.